The van der Waals surface area contributed by atoms with Gasteiger partial charge in [0, 0.05) is 0 Å². The van der Waals surface area contributed by atoms with Gasteiger partial charge in [-0.05, 0) is 12.5 Å². The lowest BCUT2D eigenvalue weighted by atomic mass is 10.1. The number of nitrogens with two attached hydrogens (primary N) is 1. The van der Waals surface area contributed by atoms with Gasteiger partial charge >= 0.3 is 5.97 Å². The summed E-state index contributed by atoms with van der Waals surface area (Å²) in [5.74, 6) is 3.96. The number of hydrogen-bond donors (Lipinski definition) is 1. The Morgan fingerprint density at radius 2 is 2.06 bits per heavy atom. The molecule has 0 atom stereocenters. The molecular weight excluding hydrogens is 220 g/mol. The monoisotopic (exact) mass is 232 g/mol. The molecule has 0 bridgehead atoms. The van der Waals surface area contributed by atoms with Crippen LogP contribution < -0.4 is 5.90 Å². The van der Waals surface area contributed by atoms with Crippen molar-refractivity contribution in [2.45, 2.75) is 6.92 Å². The molecule has 0 aliphatic heterocycles. The molecule has 17 heavy (non-hydrogen) atoms. The van der Waals surface area contributed by atoms with Gasteiger partial charge in [-0.1, -0.05) is 30.3 Å². The van der Waals surface area contributed by atoms with Crippen molar-refractivity contribution >= 4 is 11.5 Å². The van der Waals surface area contributed by atoms with E-state index in [4.69, 9.17) is 15.9 Å². The Bertz CT molecular complexity index is 460. The van der Waals surface area contributed by atoms with Crippen LogP contribution in [0.15, 0.2) is 36.1 Å². The number of carbonyl (C=O) groups excluding carboxylic acids is 1. The fourth-order valence-corrected chi connectivity index (χ4v) is 1.26. The van der Waals surface area contributed by atoms with E-state index in [1.165, 1.54) is 0 Å². The molecule has 0 saturated heterocycles. The molecule has 0 aromatic heterocycles. The van der Waals surface area contributed by atoms with Gasteiger partial charge in [0.15, 0.2) is 0 Å². The van der Waals surface area contributed by atoms with E-state index in [2.05, 4.69) is 4.84 Å². The maximum atomic E-state index is 11.5. The average Bonchev–Trinajstić information content (AvgIpc) is 2.37. The van der Waals surface area contributed by atoms with Crippen molar-refractivity contribution in [3.05, 3.63) is 41.7 Å². The highest BCUT2D eigenvalue weighted by atomic mass is 16.6. The summed E-state index contributed by atoms with van der Waals surface area (Å²) in [6.45, 7) is 1.83. The predicted molar refractivity (Wildman–Crippen MR) is 60.9 cm³/mol. The number of rotatable bonds is 4. The van der Waals surface area contributed by atoms with Crippen LogP contribution >= 0.6 is 0 Å². The van der Waals surface area contributed by atoms with Crippen molar-refractivity contribution < 1.29 is 14.4 Å². The third-order valence-corrected chi connectivity index (χ3v) is 1.98. The van der Waals surface area contributed by atoms with E-state index in [1.807, 2.05) is 6.07 Å². The second-order valence-electron chi connectivity index (χ2n) is 3.02. The lowest BCUT2D eigenvalue weighted by Crippen LogP contribution is -2.15. The van der Waals surface area contributed by atoms with E-state index >= 15 is 0 Å². The van der Waals surface area contributed by atoms with Crippen molar-refractivity contribution in [1.82, 2.24) is 0 Å². The standard InChI is InChI=1S/C12H12N2O3/c1-2-16-12(15)11(17-14)10(8-13)9-6-4-3-5-7-9/h3-7H,2,14H2,1H3/b11-10+. The molecule has 1 aromatic carbocycles. The maximum Gasteiger partial charge on any atom is 0.377 e. The van der Waals surface area contributed by atoms with E-state index < -0.39 is 5.97 Å². The second kappa shape index (κ2) is 6.30. The first-order chi connectivity index (χ1) is 8.24. The number of allylic oxidation sites excluding steroid dienone is 1. The van der Waals surface area contributed by atoms with E-state index in [0.717, 1.165) is 0 Å². The summed E-state index contributed by atoms with van der Waals surface area (Å²) < 4.78 is 4.75. The van der Waals surface area contributed by atoms with Crippen LogP contribution in [0.2, 0.25) is 0 Å². The second-order valence-corrected chi connectivity index (χ2v) is 3.02. The first kappa shape index (κ1) is 12.7. The average molecular weight is 232 g/mol. The molecule has 0 aliphatic carbocycles. The summed E-state index contributed by atoms with van der Waals surface area (Å²) in [4.78, 5) is 16.0. The van der Waals surface area contributed by atoms with Gasteiger partial charge in [-0.3, -0.25) is 0 Å². The molecule has 1 rings (SSSR count). The van der Waals surface area contributed by atoms with Crippen LogP contribution in [0.3, 0.4) is 0 Å². The minimum atomic E-state index is -0.754. The van der Waals surface area contributed by atoms with Gasteiger partial charge in [0.2, 0.25) is 5.76 Å². The normalized spacial score (nSPS) is 11.1. The minimum Gasteiger partial charge on any atom is -0.460 e. The number of esters is 1. The molecule has 0 heterocycles. The molecule has 0 fully saturated rings. The summed E-state index contributed by atoms with van der Waals surface area (Å²) in [5, 5.41) is 9.05. The lowest BCUT2D eigenvalue weighted by Gasteiger charge is -2.07. The lowest BCUT2D eigenvalue weighted by molar-refractivity contribution is -0.142. The Labute approximate surface area is 99.0 Å². The van der Waals surface area contributed by atoms with Gasteiger partial charge in [-0.15, -0.1) is 0 Å². The summed E-state index contributed by atoms with van der Waals surface area (Å²) in [5.41, 5.74) is 0.593. The topological polar surface area (TPSA) is 85.3 Å². The highest BCUT2D eigenvalue weighted by molar-refractivity contribution is 5.99. The van der Waals surface area contributed by atoms with Crippen LogP contribution in [0.4, 0.5) is 0 Å². The third kappa shape index (κ3) is 3.06. The summed E-state index contributed by atoms with van der Waals surface area (Å²) in [6.07, 6.45) is 0. The predicted octanol–water partition coefficient (Wildman–Crippen LogP) is 1.37. The largest absolute Gasteiger partial charge is 0.460 e. The number of nitrogens with zero attached hydrogens (tertiary/aromatic N) is 1. The Balaban J connectivity index is 3.21. The smallest absolute Gasteiger partial charge is 0.377 e. The number of benzene rings is 1. The van der Waals surface area contributed by atoms with E-state index in [-0.39, 0.29) is 17.9 Å². The number of carbonyl (C=O) groups is 1. The Morgan fingerprint density at radius 3 is 2.53 bits per heavy atom. The molecule has 0 unspecified atom stereocenters. The van der Waals surface area contributed by atoms with Crippen LogP contribution in [0.1, 0.15) is 12.5 Å². The molecule has 1 aromatic rings. The molecule has 0 amide bonds. The van der Waals surface area contributed by atoms with Crippen LogP contribution in [-0.4, -0.2) is 12.6 Å². The van der Waals surface area contributed by atoms with Gasteiger partial charge in [0.1, 0.15) is 11.6 Å². The zero-order valence-electron chi connectivity index (χ0n) is 9.34. The van der Waals surface area contributed by atoms with Crippen molar-refractivity contribution in [3.63, 3.8) is 0 Å². The van der Waals surface area contributed by atoms with Gasteiger partial charge in [-0.2, -0.15) is 11.2 Å². The quantitative estimate of drug-likeness (QED) is 0.278. The molecule has 5 heteroatoms. The van der Waals surface area contributed by atoms with E-state index in [9.17, 15) is 4.79 Å². The van der Waals surface area contributed by atoms with Crippen LogP contribution in [0.5, 0.6) is 0 Å². The molecule has 0 saturated carbocycles. The fourth-order valence-electron chi connectivity index (χ4n) is 1.26. The first-order valence-corrected chi connectivity index (χ1v) is 4.98. The summed E-state index contributed by atoms with van der Waals surface area (Å²) in [7, 11) is 0. The molecule has 5 nitrogen and oxygen atoms in total. The molecule has 2 N–H and O–H groups in total. The molecule has 88 valence electrons. The Morgan fingerprint density at radius 1 is 1.41 bits per heavy atom. The van der Waals surface area contributed by atoms with Crippen molar-refractivity contribution in [3.8, 4) is 6.07 Å². The summed E-state index contributed by atoms with van der Waals surface area (Å²) >= 11 is 0. The molecular formula is C12H12N2O3. The highest BCUT2D eigenvalue weighted by Crippen LogP contribution is 2.18. The summed E-state index contributed by atoms with van der Waals surface area (Å²) in [6, 6.07) is 10.5. The highest BCUT2D eigenvalue weighted by Gasteiger charge is 2.19. The zero-order valence-corrected chi connectivity index (χ0v) is 9.34. The fraction of sp³-hybridized carbons (Fsp3) is 0.167. The van der Waals surface area contributed by atoms with Gasteiger partial charge in [0.05, 0.1) is 6.61 Å². The van der Waals surface area contributed by atoms with Crippen LogP contribution in [0, 0.1) is 11.3 Å². The van der Waals surface area contributed by atoms with Crippen LogP contribution in [0.25, 0.3) is 5.57 Å². The first-order valence-electron chi connectivity index (χ1n) is 4.98. The van der Waals surface area contributed by atoms with Gasteiger partial charge < -0.3 is 9.57 Å². The van der Waals surface area contributed by atoms with E-state index in [1.54, 1.807) is 37.3 Å². The number of nitriles is 1. The molecule has 0 spiro atoms. The SMILES string of the molecule is CCOC(=O)/C(ON)=C(/C#N)c1ccccc1. The van der Waals surface area contributed by atoms with Gasteiger partial charge in [-0.25, -0.2) is 4.79 Å². The van der Waals surface area contributed by atoms with Crippen LogP contribution in [-0.2, 0) is 14.4 Å². The van der Waals surface area contributed by atoms with E-state index in [0.29, 0.717) is 5.56 Å². The Hall–Kier alpha value is -2.32. The molecule has 0 radical (unpaired) electrons. The number of hydrogen-bond acceptors (Lipinski definition) is 5. The number of ether oxygens (including phenoxy) is 1. The Kier molecular flexibility index (Phi) is 4.73. The zero-order chi connectivity index (χ0) is 12.7. The molecule has 0 aliphatic rings. The van der Waals surface area contributed by atoms with Gasteiger partial charge in [0.25, 0.3) is 0 Å². The van der Waals surface area contributed by atoms with Crippen molar-refractivity contribution in [2.24, 2.45) is 5.90 Å². The third-order valence-electron chi connectivity index (χ3n) is 1.98. The minimum absolute atomic E-state index is 0.0477. The van der Waals surface area contributed by atoms with Crippen molar-refractivity contribution in [2.75, 3.05) is 6.61 Å². The maximum absolute atomic E-state index is 11.5. The van der Waals surface area contributed by atoms with Crippen molar-refractivity contribution in [1.29, 1.82) is 5.26 Å².